The molecule has 2 aromatic carbocycles. The van der Waals surface area contributed by atoms with Gasteiger partial charge in [-0.25, -0.2) is 0 Å². The molecule has 0 aliphatic rings. The van der Waals surface area contributed by atoms with Crippen molar-refractivity contribution in [3.05, 3.63) is 64.2 Å². The van der Waals surface area contributed by atoms with E-state index in [1.807, 2.05) is 0 Å². The first kappa shape index (κ1) is 15.6. The minimum Gasteiger partial charge on any atom is -0.497 e. The molecule has 0 N–H and O–H groups in total. The van der Waals surface area contributed by atoms with E-state index in [4.69, 9.17) is 4.74 Å². The van der Waals surface area contributed by atoms with Crippen LogP contribution in [-0.4, -0.2) is 26.7 Å². The number of hydrogen-bond acceptors (Lipinski definition) is 5. The topological polar surface area (TPSA) is 98.9 Å². The lowest BCUT2D eigenvalue weighted by atomic mass is 10.2. The van der Waals surface area contributed by atoms with Crippen molar-refractivity contribution in [2.75, 3.05) is 7.11 Å². The molecule has 0 saturated carbocycles. The van der Waals surface area contributed by atoms with E-state index in [0.717, 1.165) is 24.3 Å². The van der Waals surface area contributed by atoms with Crippen molar-refractivity contribution in [2.24, 2.45) is 4.40 Å². The first-order chi connectivity index (χ1) is 10.4. The van der Waals surface area contributed by atoms with Gasteiger partial charge in [-0.2, -0.15) is 12.8 Å². The number of ether oxygens (including phenoxy) is 1. The van der Waals surface area contributed by atoms with Crippen LogP contribution in [0.1, 0.15) is 5.56 Å². The summed E-state index contributed by atoms with van der Waals surface area (Å²) in [5, 5.41) is 10.5. The van der Waals surface area contributed by atoms with Crippen molar-refractivity contribution in [3.63, 3.8) is 0 Å². The molecule has 0 spiro atoms. The quantitative estimate of drug-likeness (QED) is 0.478. The molecule has 2 aromatic rings. The number of nitro benzene ring substituents is 1. The van der Waals surface area contributed by atoms with Crippen molar-refractivity contribution < 1.29 is 18.1 Å². The van der Waals surface area contributed by atoms with Gasteiger partial charge >= 0.3 is 0 Å². The summed E-state index contributed by atoms with van der Waals surface area (Å²) >= 11 is 0. The Morgan fingerprint density at radius 2 is 1.68 bits per heavy atom. The molecule has 0 saturated heterocycles. The van der Waals surface area contributed by atoms with E-state index in [0.29, 0.717) is 11.3 Å². The predicted molar refractivity (Wildman–Crippen MR) is 80.9 cm³/mol. The second kappa shape index (κ2) is 6.35. The molecule has 0 fully saturated rings. The summed E-state index contributed by atoms with van der Waals surface area (Å²) in [5.41, 5.74) is 0.407. The van der Waals surface area contributed by atoms with Crippen LogP contribution in [0, 0.1) is 10.1 Å². The van der Waals surface area contributed by atoms with Gasteiger partial charge in [0.2, 0.25) is 0 Å². The van der Waals surface area contributed by atoms with E-state index >= 15 is 0 Å². The third-order valence-corrected chi connectivity index (χ3v) is 4.05. The van der Waals surface area contributed by atoms with Crippen molar-refractivity contribution in [1.29, 1.82) is 0 Å². The Kier molecular flexibility index (Phi) is 4.52. The van der Waals surface area contributed by atoms with E-state index in [1.54, 1.807) is 24.3 Å². The molecule has 0 unspecified atom stereocenters. The molecule has 7 nitrogen and oxygen atoms in total. The largest absolute Gasteiger partial charge is 0.497 e. The Balaban J connectivity index is 2.22. The Hall–Kier alpha value is -2.74. The molecular formula is C14H12N2O5S. The zero-order valence-corrected chi connectivity index (χ0v) is 12.4. The van der Waals surface area contributed by atoms with Crippen molar-refractivity contribution >= 4 is 21.9 Å². The number of rotatable bonds is 5. The predicted octanol–water partition coefficient (Wildman–Crippen LogP) is 2.41. The van der Waals surface area contributed by atoms with Crippen LogP contribution in [0.5, 0.6) is 5.75 Å². The second-order valence-corrected chi connectivity index (χ2v) is 5.87. The average Bonchev–Trinajstić information content (AvgIpc) is 2.53. The van der Waals surface area contributed by atoms with Gasteiger partial charge in [0.05, 0.1) is 16.9 Å². The summed E-state index contributed by atoms with van der Waals surface area (Å²) < 4.78 is 32.6. The lowest BCUT2D eigenvalue weighted by molar-refractivity contribution is -0.384. The van der Waals surface area contributed by atoms with Gasteiger partial charge in [0.1, 0.15) is 5.75 Å². The molecule has 0 bridgehead atoms. The minimum atomic E-state index is -3.90. The van der Waals surface area contributed by atoms with Crippen LogP contribution < -0.4 is 4.74 Å². The highest BCUT2D eigenvalue weighted by Crippen LogP contribution is 2.18. The highest BCUT2D eigenvalue weighted by Gasteiger charge is 2.14. The number of benzene rings is 2. The highest BCUT2D eigenvalue weighted by atomic mass is 32.2. The first-order valence-corrected chi connectivity index (χ1v) is 7.55. The Bertz CT molecular complexity index is 796. The normalized spacial score (nSPS) is 11.5. The molecule has 8 heteroatoms. The third-order valence-electron chi connectivity index (χ3n) is 2.80. The van der Waals surface area contributed by atoms with Crippen molar-refractivity contribution in [3.8, 4) is 5.75 Å². The van der Waals surface area contributed by atoms with Crippen molar-refractivity contribution in [2.45, 2.75) is 4.90 Å². The van der Waals surface area contributed by atoms with Crippen LogP contribution in [0.2, 0.25) is 0 Å². The average molecular weight is 320 g/mol. The fourth-order valence-corrected chi connectivity index (χ4v) is 2.48. The third kappa shape index (κ3) is 3.67. The van der Waals surface area contributed by atoms with E-state index in [-0.39, 0.29) is 10.6 Å². The van der Waals surface area contributed by atoms with Gasteiger partial charge in [0.15, 0.2) is 0 Å². The molecule has 114 valence electrons. The lowest BCUT2D eigenvalue weighted by Gasteiger charge is -2.00. The summed E-state index contributed by atoms with van der Waals surface area (Å²) in [7, 11) is -2.37. The summed E-state index contributed by atoms with van der Waals surface area (Å²) in [6.07, 6.45) is 1.20. The molecule has 0 amide bonds. The maximum atomic E-state index is 12.0. The maximum Gasteiger partial charge on any atom is 0.282 e. The summed E-state index contributed by atoms with van der Waals surface area (Å²) in [6, 6.07) is 11.2. The summed E-state index contributed by atoms with van der Waals surface area (Å²) in [5.74, 6) is 0.648. The van der Waals surface area contributed by atoms with E-state index < -0.39 is 14.9 Å². The van der Waals surface area contributed by atoms with Crippen LogP contribution >= 0.6 is 0 Å². The van der Waals surface area contributed by atoms with Crippen molar-refractivity contribution in [1.82, 2.24) is 0 Å². The number of nitrogens with zero attached hydrogens (tertiary/aromatic N) is 2. The fourth-order valence-electron chi connectivity index (χ4n) is 1.62. The molecule has 0 radical (unpaired) electrons. The summed E-state index contributed by atoms with van der Waals surface area (Å²) in [4.78, 5) is 9.83. The monoisotopic (exact) mass is 320 g/mol. The number of sulfonamides is 1. The van der Waals surface area contributed by atoms with Gasteiger partial charge in [-0.1, -0.05) is 0 Å². The van der Waals surface area contributed by atoms with Crippen LogP contribution in [-0.2, 0) is 10.0 Å². The minimum absolute atomic E-state index is 0.108. The maximum absolute atomic E-state index is 12.0. The van der Waals surface area contributed by atoms with Gasteiger partial charge in [-0.15, -0.1) is 0 Å². The Labute approximate surface area is 127 Å². The standard InChI is InChI=1S/C14H12N2O5S/c1-21-13-6-2-11(3-7-13)10-15-22(19,20)14-8-4-12(5-9-14)16(17)18/h2-10H,1H3. The van der Waals surface area contributed by atoms with Gasteiger partial charge < -0.3 is 4.74 Å². The van der Waals surface area contributed by atoms with E-state index in [9.17, 15) is 18.5 Å². The lowest BCUT2D eigenvalue weighted by Crippen LogP contribution is -1.98. The molecule has 0 heterocycles. The Morgan fingerprint density at radius 3 is 2.18 bits per heavy atom. The fraction of sp³-hybridized carbons (Fsp3) is 0.0714. The molecule has 0 aromatic heterocycles. The number of nitro groups is 1. The van der Waals surface area contributed by atoms with Crippen LogP contribution in [0.3, 0.4) is 0 Å². The first-order valence-electron chi connectivity index (χ1n) is 6.11. The molecule has 0 aliphatic heterocycles. The van der Waals surface area contributed by atoms with Crippen LogP contribution in [0.15, 0.2) is 57.8 Å². The van der Waals surface area contributed by atoms with Crippen LogP contribution in [0.25, 0.3) is 0 Å². The molecule has 0 atom stereocenters. The van der Waals surface area contributed by atoms with Crippen LogP contribution in [0.4, 0.5) is 5.69 Å². The molecule has 0 aliphatic carbocycles. The smallest absolute Gasteiger partial charge is 0.282 e. The SMILES string of the molecule is COc1ccc(C=NS(=O)(=O)c2ccc([N+](=O)[O-])cc2)cc1. The molecule has 2 rings (SSSR count). The second-order valence-electron chi connectivity index (χ2n) is 4.23. The van der Waals surface area contributed by atoms with Gasteiger partial charge in [-0.3, -0.25) is 10.1 Å². The zero-order valence-electron chi connectivity index (χ0n) is 11.5. The van der Waals surface area contributed by atoms with Gasteiger partial charge in [-0.05, 0) is 42.0 Å². The Morgan fingerprint density at radius 1 is 1.09 bits per heavy atom. The van der Waals surface area contributed by atoms with Gasteiger partial charge in [0, 0.05) is 18.3 Å². The molecule has 22 heavy (non-hydrogen) atoms. The molecular weight excluding hydrogens is 308 g/mol. The number of hydrogen-bond donors (Lipinski definition) is 0. The zero-order chi connectivity index (χ0) is 16.2. The highest BCUT2D eigenvalue weighted by molar-refractivity contribution is 7.90. The number of non-ortho nitro benzene ring substituents is 1. The number of methoxy groups -OCH3 is 1. The van der Waals surface area contributed by atoms with E-state index in [2.05, 4.69) is 4.40 Å². The van der Waals surface area contributed by atoms with E-state index in [1.165, 1.54) is 13.3 Å². The van der Waals surface area contributed by atoms with Gasteiger partial charge in [0.25, 0.3) is 15.7 Å². The summed E-state index contributed by atoms with van der Waals surface area (Å²) in [6.45, 7) is 0.